The van der Waals surface area contributed by atoms with Crippen LogP contribution < -0.4 is 9.64 Å². The minimum absolute atomic E-state index is 0.0296. The predicted octanol–water partition coefficient (Wildman–Crippen LogP) is 2.72. The highest BCUT2D eigenvalue weighted by Gasteiger charge is 2.74. The van der Waals surface area contributed by atoms with Gasteiger partial charge >= 0.3 is 0 Å². The molecule has 0 radical (unpaired) electrons. The van der Waals surface area contributed by atoms with Gasteiger partial charge < -0.3 is 24.5 Å². The molecule has 8 nitrogen and oxygen atoms in total. The zero-order valence-electron chi connectivity index (χ0n) is 22.7. The Morgan fingerprint density at radius 1 is 1.05 bits per heavy atom. The van der Waals surface area contributed by atoms with Gasteiger partial charge in [0.2, 0.25) is 11.8 Å². The Morgan fingerprint density at radius 3 is 2.37 bits per heavy atom. The van der Waals surface area contributed by atoms with Crippen molar-refractivity contribution in [1.82, 2.24) is 9.80 Å². The molecular formula is C29H37N3O5S. The molecule has 4 aliphatic heterocycles. The van der Waals surface area contributed by atoms with E-state index in [2.05, 4.69) is 0 Å². The van der Waals surface area contributed by atoms with Gasteiger partial charge in [-0.3, -0.25) is 14.4 Å². The number of amides is 3. The lowest BCUT2D eigenvalue weighted by Gasteiger charge is -2.41. The van der Waals surface area contributed by atoms with Gasteiger partial charge in [-0.2, -0.15) is 0 Å². The Hall–Kier alpha value is -2.78. The first-order valence-corrected chi connectivity index (χ1v) is 14.1. The highest BCUT2D eigenvalue weighted by molar-refractivity contribution is 8.02. The number of likely N-dealkylation sites (N-methyl/N-ethyl adjacent to an activating group) is 1. The molecule has 7 atom stereocenters. The first-order chi connectivity index (χ1) is 18.1. The van der Waals surface area contributed by atoms with Gasteiger partial charge in [-0.25, -0.2) is 0 Å². The molecule has 1 spiro atoms. The van der Waals surface area contributed by atoms with Crippen molar-refractivity contribution in [1.29, 1.82) is 0 Å². The van der Waals surface area contributed by atoms with E-state index < -0.39 is 33.4 Å². The molecule has 5 rings (SSSR count). The number of thioether (sulfide) groups is 1. The van der Waals surface area contributed by atoms with E-state index in [1.54, 1.807) is 40.6 Å². The first-order valence-electron chi connectivity index (χ1n) is 13.3. The summed E-state index contributed by atoms with van der Waals surface area (Å²) in [5, 5.41) is 10.5. The number of likely N-dealkylation sites (tertiary alicyclic amines) is 1. The SMILES string of the molecule is CC[C@H](C)[C@H](CO)N1C(=O)[C@@H]2[C@@H]3C(=O)N(C)CC=C[C@]3(C)S[C@@]23C=CCN(c2ccc(OC)cc2)C(=O)C13. The van der Waals surface area contributed by atoms with E-state index in [1.165, 1.54) is 0 Å². The lowest BCUT2D eigenvalue weighted by Crippen LogP contribution is -2.58. The third-order valence-electron chi connectivity index (χ3n) is 8.93. The van der Waals surface area contributed by atoms with Gasteiger partial charge in [0.15, 0.2) is 0 Å². The molecule has 3 amide bonds. The standard InChI is InChI=1S/C29H37N3O5S/c1-6-18(2)21(17-33)32-24-27(36)31(19-9-11-20(37-5)12-10-19)16-8-14-29(24)23(26(32)35)22-25(34)30(4)15-7-13-28(22,3)38-29/h7-14,18,21-24,33H,6,15-17H2,1-5H3/t18-,21-,22+,23-,24?,28-,29-/m0/s1. The average molecular weight is 540 g/mol. The van der Waals surface area contributed by atoms with Crippen LogP contribution in [0.15, 0.2) is 48.6 Å². The second-order valence-corrected chi connectivity index (χ2v) is 12.8. The van der Waals surface area contributed by atoms with Crippen LogP contribution in [0.4, 0.5) is 5.69 Å². The highest BCUT2D eigenvalue weighted by atomic mass is 32.2. The molecule has 38 heavy (non-hydrogen) atoms. The van der Waals surface area contributed by atoms with Crippen LogP contribution in [0, 0.1) is 17.8 Å². The third kappa shape index (κ3) is 3.80. The van der Waals surface area contributed by atoms with Crippen molar-refractivity contribution in [3.63, 3.8) is 0 Å². The lowest BCUT2D eigenvalue weighted by molar-refractivity contribution is -0.145. The van der Waals surface area contributed by atoms with E-state index in [-0.39, 0.29) is 30.2 Å². The number of hydrogen-bond acceptors (Lipinski definition) is 6. The van der Waals surface area contributed by atoms with Crippen molar-refractivity contribution in [3.05, 3.63) is 48.6 Å². The fourth-order valence-corrected chi connectivity index (χ4v) is 8.89. The minimum atomic E-state index is -0.937. The molecule has 204 valence electrons. The molecule has 4 heterocycles. The summed E-state index contributed by atoms with van der Waals surface area (Å²) in [5.41, 5.74) is 0.705. The fraction of sp³-hybridized carbons (Fsp3) is 0.552. The number of ether oxygens (including phenoxy) is 1. The van der Waals surface area contributed by atoms with Crippen molar-refractivity contribution < 1.29 is 24.2 Å². The van der Waals surface area contributed by atoms with Crippen LogP contribution in [0.25, 0.3) is 0 Å². The molecule has 9 heteroatoms. The van der Waals surface area contributed by atoms with Crippen LogP contribution in [0.5, 0.6) is 5.75 Å². The summed E-state index contributed by atoms with van der Waals surface area (Å²) in [7, 11) is 3.36. The van der Waals surface area contributed by atoms with Crippen LogP contribution >= 0.6 is 11.8 Å². The number of aliphatic hydroxyl groups is 1. The molecule has 4 aliphatic rings. The third-order valence-corrected chi connectivity index (χ3v) is 10.7. The predicted molar refractivity (Wildman–Crippen MR) is 148 cm³/mol. The number of carbonyl (C=O) groups excluding carboxylic acids is 3. The van der Waals surface area contributed by atoms with Gasteiger partial charge in [0, 0.05) is 30.6 Å². The molecule has 0 aromatic heterocycles. The Labute approximate surface area is 228 Å². The summed E-state index contributed by atoms with van der Waals surface area (Å²) in [6.45, 7) is 6.61. The Bertz CT molecular complexity index is 1190. The molecule has 1 unspecified atom stereocenters. The summed E-state index contributed by atoms with van der Waals surface area (Å²) < 4.78 is 3.72. The maximum absolute atomic E-state index is 14.6. The van der Waals surface area contributed by atoms with Gasteiger partial charge in [-0.15, -0.1) is 11.8 Å². The molecule has 0 aliphatic carbocycles. The summed E-state index contributed by atoms with van der Waals surface area (Å²) in [5.74, 6) is -1.17. The Kier molecular flexibility index (Phi) is 6.88. The van der Waals surface area contributed by atoms with E-state index in [0.717, 1.165) is 6.42 Å². The second kappa shape index (κ2) is 9.75. The molecule has 1 N–H and O–H groups in total. The van der Waals surface area contributed by atoms with E-state index in [0.29, 0.717) is 24.5 Å². The highest BCUT2D eigenvalue weighted by Crippen LogP contribution is 2.66. The quantitative estimate of drug-likeness (QED) is 0.559. The van der Waals surface area contributed by atoms with Crippen LogP contribution in [0.2, 0.25) is 0 Å². The van der Waals surface area contributed by atoms with Crippen molar-refractivity contribution in [2.45, 2.75) is 48.8 Å². The van der Waals surface area contributed by atoms with Crippen molar-refractivity contribution in [2.24, 2.45) is 17.8 Å². The van der Waals surface area contributed by atoms with Gasteiger partial charge in [0.1, 0.15) is 11.8 Å². The number of carbonyl (C=O) groups is 3. The van der Waals surface area contributed by atoms with Crippen molar-refractivity contribution >= 4 is 35.2 Å². The number of fused-ring (bicyclic) bond motifs is 2. The minimum Gasteiger partial charge on any atom is -0.497 e. The number of rotatable bonds is 6. The topological polar surface area (TPSA) is 90.4 Å². The number of hydrogen-bond donors (Lipinski definition) is 1. The average Bonchev–Trinajstić information content (AvgIpc) is 3.19. The van der Waals surface area contributed by atoms with Gasteiger partial charge in [0.25, 0.3) is 5.91 Å². The second-order valence-electron chi connectivity index (χ2n) is 11.0. The summed E-state index contributed by atoms with van der Waals surface area (Å²) in [6, 6.07) is 5.92. The number of methoxy groups -OCH3 is 1. The maximum Gasteiger partial charge on any atom is 0.251 e. The van der Waals surface area contributed by atoms with Crippen molar-refractivity contribution in [3.8, 4) is 5.75 Å². The molecule has 0 saturated carbocycles. The van der Waals surface area contributed by atoms with Gasteiger partial charge in [0.05, 0.1) is 36.3 Å². The molecule has 1 aromatic carbocycles. The van der Waals surface area contributed by atoms with E-state index >= 15 is 0 Å². The fourth-order valence-electron chi connectivity index (χ4n) is 6.75. The number of benzene rings is 1. The van der Waals surface area contributed by atoms with Crippen LogP contribution in [0.1, 0.15) is 27.2 Å². The van der Waals surface area contributed by atoms with Crippen LogP contribution in [0.3, 0.4) is 0 Å². The zero-order valence-corrected chi connectivity index (χ0v) is 23.5. The Morgan fingerprint density at radius 2 is 1.74 bits per heavy atom. The lowest BCUT2D eigenvalue weighted by atomic mass is 9.74. The number of nitrogens with zero attached hydrogens (tertiary/aromatic N) is 3. The van der Waals surface area contributed by atoms with Crippen LogP contribution in [-0.2, 0) is 14.4 Å². The smallest absolute Gasteiger partial charge is 0.251 e. The maximum atomic E-state index is 14.6. The van der Waals surface area contributed by atoms with E-state index in [1.807, 2.05) is 69.3 Å². The number of aliphatic hydroxyl groups excluding tert-OH is 1. The molecule has 2 saturated heterocycles. The Balaban J connectivity index is 1.68. The summed E-state index contributed by atoms with van der Waals surface area (Å²) in [6.07, 6.45) is 8.75. The first kappa shape index (κ1) is 26.8. The van der Waals surface area contributed by atoms with E-state index in [9.17, 15) is 19.5 Å². The zero-order chi connectivity index (χ0) is 27.4. The largest absolute Gasteiger partial charge is 0.497 e. The molecule has 0 bridgehead atoms. The molecule has 2 fully saturated rings. The number of anilines is 1. The van der Waals surface area contributed by atoms with Gasteiger partial charge in [-0.1, -0.05) is 44.6 Å². The van der Waals surface area contributed by atoms with Crippen molar-refractivity contribution in [2.75, 3.05) is 38.8 Å². The summed E-state index contributed by atoms with van der Waals surface area (Å²) >= 11 is 1.56. The molecular weight excluding hydrogens is 502 g/mol. The molecule has 1 aromatic rings. The normalized spacial score (nSPS) is 34.0. The summed E-state index contributed by atoms with van der Waals surface area (Å²) in [4.78, 5) is 47.9. The van der Waals surface area contributed by atoms with E-state index in [4.69, 9.17) is 4.74 Å². The van der Waals surface area contributed by atoms with Gasteiger partial charge in [-0.05, 0) is 37.1 Å². The van der Waals surface area contributed by atoms with Crippen LogP contribution in [-0.4, -0.2) is 88.1 Å². The monoisotopic (exact) mass is 539 g/mol.